The fraction of sp³-hybridized carbons (Fsp3) is 0.476. The van der Waals surface area contributed by atoms with E-state index in [0.29, 0.717) is 24.5 Å². The predicted octanol–water partition coefficient (Wildman–Crippen LogP) is 2.11. The molecule has 10 heteroatoms. The molecule has 1 unspecified atom stereocenters. The first-order valence-electron chi connectivity index (χ1n) is 10.5. The molecule has 0 saturated carbocycles. The summed E-state index contributed by atoms with van der Waals surface area (Å²) in [6.07, 6.45) is 1.44. The fourth-order valence-electron chi connectivity index (χ4n) is 4.20. The Kier molecular flexibility index (Phi) is 5.74. The number of aryl methyl sites for hydroxylation is 3. The number of para-hydroxylation sites is 2. The average molecular weight is 446 g/mol. The van der Waals surface area contributed by atoms with Crippen molar-refractivity contribution >= 4 is 32.6 Å². The van der Waals surface area contributed by atoms with Crippen molar-refractivity contribution in [2.75, 3.05) is 16.8 Å². The zero-order valence-corrected chi connectivity index (χ0v) is 18.6. The van der Waals surface area contributed by atoms with E-state index in [0.717, 1.165) is 17.5 Å². The second-order valence-corrected chi connectivity index (χ2v) is 10.3. The number of rotatable bonds is 7. The van der Waals surface area contributed by atoms with Crippen LogP contribution < -0.4 is 11.0 Å². The maximum absolute atomic E-state index is 12.9. The van der Waals surface area contributed by atoms with E-state index in [-0.39, 0.29) is 42.1 Å². The Balaban J connectivity index is 1.50. The summed E-state index contributed by atoms with van der Waals surface area (Å²) in [4.78, 5) is 25.5. The third-order valence-corrected chi connectivity index (χ3v) is 7.36. The van der Waals surface area contributed by atoms with Crippen molar-refractivity contribution in [2.24, 2.45) is 0 Å². The van der Waals surface area contributed by atoms with E-state index in [1.54, 1.807) is 26.8 Å². The van der Waals surface area contributed by atoms with Gasteiger partial charge in [0.1, 0.15) is 5.82 Å². The fourth-order valence-corrected chi connectivity index (χ4v) is 5.90. The van der Waals surface area contributed by atoms with E-state index in [9.17, 15) is 18.0 Å². The molecule has 31 heavy (non-hydrogen) atoms. The van der Waals surface area contributed by atoms with Crippen LogP contribution in [0.25, 0.3) is 11.0 Å². The van der Waals surface area contributed by atoms with E-state index < -0.39 is 9.84 Å². The average Bonchev–Trinajstić information content (AvgIpc) is 3.35. The van der Waals surface area contributed by atoms with Gasteiger partial charge >= 0.3 is 5.69 Å². The largest absolute Gasteiger partial charge is 0.329 e. The number of sulfone groups is 1. The number of imidazole rings is 1. The first-order chi connectivity index (χ1) is 14.8. The molecular weight excluding hydrogens is 418 g/mol. The van der Waals surface area contributed by atoms with Crippen molar-refractivity contribution < 1.29 is 13.2 Å². The van der Waals surface area contributed by atoms with Gasteiger partial charge in [-0.25, -0.2) is 17.9 Å². The molecule has 1 amide bonds. The number of carbonyl (C=O) groups is 1. The lowest BCUT2D eigenvalue weighted by molar-refractivity contribution is -0.116. The smallest absolute Gasteiger partial charge is 0.311 e. The monoisotopic (exact) mass is 445 g/mol. The standard InChI is InChI=1S/C21H27N5O4S/c1-3-10-24-17-6-4-5-7-18(17)25(21(24)28)11-8-20(27)22-19-13-15(2)23-26(19)16-9-12-31(29,30)14-16/h4-7,13,16H,3,8-12,14H2,1-2H3,(H,22,27). The van der Waals surface area contributed by atoms with Crippen molar-refractivity contribution in [3.05, 3.63) is 46.5 Å². The second kappa shape index (κ2) is 8.33. The highest BCUT2D eigenvalue weighted by atomic mass is 32.2. The van der Waals surface area contributed by atoms with Crippen LogP contribution in [0.1, 0.15) is 37.9 Å². The minimum Gasteiger partial charge on any atom is -0.311 e. The summed E-state index contributed by atoms with van der Waals surface area (Å²) in [6, 6.07) is 9.05. The van der Waals surface area contributed by atoms with Crippen molar-refractivity contribution in [1.29, 1.82) is 0 Å². The van der Waals surface area contributed by atoms with Crippen LogP contribution in [0.2, 0.25) is 0 Å². The molecule has 1 aromatic carbocycles. The van der Waals surface area contributed by atoms with E-state index in [2.05, 4.69) is 10.4 Å². The molecule has 3 aromatic rings. The van der Waals surface area contributed by atoms with Crippen LogP contribution in [-0.2, 0) is 27.7 Å². The van der Waals surface area contributed by atoms with Crippen LogP contribution >= 0.6 is 0 Å². The lowest BCUT2D eigenvalue weighted by atomic mass is 10.3. The molecule has 0 radical (unpaired) electrons. The molecule has 1 saturated heterocycles. The van der Waals surface area contributed by atoms with Gasteiger partial charge in [0.25, 0.3) is 0 Å². The minimum absolute atomic E-state index is 0.0311. The Hall–Kier alpha value is -2.88. The lowest BCUT2D eigenvalue weighted by Gasteiger charge is -2.14. The number of anilines is 1. The molecule has 1 aliphatic rings. The Morgan fingerprint density at radius 3 is 2.48 bits per heavy atom. The molecule has 166 valence electrons. The van der Waals surface area contributed by atoms with Crippen molar-refractivity contribution in [3.63, 3.8) is 0 Å². The first kappa shape index (κ1) is 21.4. The molecule has 9 nitrogen and oxygen atoms in total. The topological polar surface area (TPSA) is 108 Å². The summed E-state index contributed by atoms with van der Waals surface area (Å²) in [5.74, 6) is 0.407. The molecule has 2 aromatic heterocycles. The van der Waals surface area contributed by atoms with Crippen LogP contribution in [-0.4, -0.2) is 44.7 Å². The Labute approximate surface area is 180 Å². The number of aromatic nitrogens is 4. The van der Waals surface area contributed by atoms with Gasteiger partial charge in [0.2, 0.25) is 5.91 Å². The normalized spacial score (nSPS) is 17.9. The number of hydrogen-bond donors (Lipinski definition) is 1. The van der Waals surface area contributed by atoms with E-state index in [4.69, 9.17) is 0 Å². The van der Waals surface area contributed by atoms with Gasteiger partial charge in [-0.2, -0.15) is 5.10 Å². The number of amides is 1. The third kappa shape index (κ3) is 4.30. The van der Waals surface area contributed by atoms with Gasteiger partial charge in [-0.15, -0.1) is 0 Å². The van der Waals surface area contributed by atoms with Gasteiger partial charge in [0.15, 0.2) is 9.84 Å². The SMILES string of the molecule is CCCn1c(=O)n(CCC(=O)Nc2cc(C)nn2C2CCS(=O)(=O)C2)c2ccccc21. The quantitative estimate of drug-likeness (QED) is 0.599. The number of fused-ring (bicyclic) bond motifs is 1. The summed E-state index contributed by atoms with van der Waals surface area (Å²) in [7, 11) is -3.07. The molecule has 0 aliphatic carbocycles. The summed E-state index contributed by atoms with van der Waals surface area (Å²) in [6.45, 7) is 4.71. The third-order valence-electron chi connectivity index (χ3n) is 5.61. The van der Waals surface area contributed by atoms with Crippen molar-refractivity contribution in [3.8, 4) is 0 Å². The highest BCUT2D eigenvalue weighted by molar-refractivity contribution is 7.91. The number of carbonyl (C=O) groups excluding carboxylic acids is 1. The Morgan fingerprint density at radius 2 is 1.87 bits per heavy atom. The first-order valence-corrected chi connectivity index (χ1v) is 12.4. The van der Waals surface area contributed by atoms with Crippen molar-refractivity contribution in [1.82, 2.24) is 18.9 Å². The number of nitrogens with zero attached hydrogens (tertiary/aromatic N) is 4. The molecule has 3 heterocycles. The van der Waals surface area contributed by atoms with Gasteiger partial charge in [0, 0.05) is 25.6 Å². The molecule has 0 bridgehead atoms. The van der Waals surface area contributed by atoms with Gasteiger partial charge < -0.3 is 5.32 Å². The highest BCUT2D eigenvalue weighted by Gasteiger charge is 2.31. The maximum atomic E-state index is 12.9. The maximum Gasteiger partial charge on any atom is 0.329 e. The van der Waals surface area contributed by atoms with E-state index in [1.807, 2.05) is 31.2 Å². The van der Waals surface area contributed by atoms with E-state index in [1.165, 1.54) is 0 Å². The van der Waals surface area contributed by atoms with Crippen LogP contribution in [0.4, 0.5) is 5.82 Å². The van der Waals surface area contributed by atoms with Crippen LogP contribution in [0.15, 0.2) is 35.1 Å². The molecular formula is C21H27N5O4S. The number of benzene rings is 1. The van der Waals surface area contributed by atoms with Crippen LogP contribution in [0.5, 0.6) is 0 Å². The Bertz CT molecular complexity index is 1280. The highest BCUT2D eigenvalue weighted by Crippen LogP contribution is 2.27. The molecule has 0 spiro atoms. The van der Waals surface area contributed by atoms with Gasteiger partial charge in [0.05, 0.1) is 34.3 Å². The van der Waals surface area contributed by atoms with Crippen LogP contribution in [0.3, 0.4) is 0 Å². The summed E-state index contributed by atoms with van der Waals surface area (Å²) >= 11 is 0. The van der Waals surface area contributed by atoms with Gasteiger partial charge in [-0.1, -0.05) is 19.1 Å². The lowest BCUT2D eigenvalue weighted by Crippen LogP contribution is -2.26. The van der Waals surface area contributed by atoms with Crippen molar-refractivity contribution in [2.45, 2.75) is 52.2 Å². The zero-order valence-electron chi connectivity index (χ0n) is 17.7. The molecule has 1 N–H and O–H groups in total. The van der Waals surface area contributed by atoms with E-state index >= 15 is 0 Å². The minimum atomic E-state index is -3.07. The second-order valence-electron chi connectivity index (χ2n) is 8.05. The summed E-state index contributed by atoms with van der Waals surface area (Å²) in [5.41, 5.74) is 2.27. The summed E-state index contributed by atoms with van der Waals surface area (Å²) < 4.78 is 28.7. The summed E-state index contributed by atoms with van der Waals surface area (Å²) in [5, 5.41) is 7.24. The number of hydrogen-bond acceptors (Lipinski definition) is 5. The van der Waals surface area contributed by atoms with Gasteiger partial charge in [-0.3, -0.25) is 13.9 Å². The van der Waals surface area contributed by atoms with Gasteiger partial charge in [-0.05, 0) is 31.9 Å². The van der Waals surface area contributed by atoms with Crippen LogP contribution in [0, 0.1) is 6.92 Å². The predicted molar refractivity (Wildman–Crippen MR) is 119 cm³/mol. The number of nitrogens with one attached hydrogen (secondary N) is 1. The molecule has 4 rings (SSSR count). The molecule has 1 atom stereocenters. The Morgan fingerprint density at radius 1 is 1.19 bits per heavy atom. The zero-order chi connectivity index (χ0) is 22.2. The molecule has 1 aliphatic heterocycles. The molecule has 1 fully saturated rings.